The van der Waals surface area contributed by atoms with Crippen molar-refractivity contribution >= 4 is 11.3 Å². The van der Waals surface area contributed by atoms with E-state index in [2.05, 4.69) is 26.6 Å². The van der Waals surface area contributed by atoms with Gasteiger partial charge in [0.15, 0.2) is 11.6 Å². The number of hydrogen-bond acceptors (Lipinski definition) is 5. The standard InChI is InChI=1S/C24H31FN2O2S/c25-21-9-17(12-26-6-1-2-7-26)3-4-23(21)29-24-11-20-15-27(13-18-5-8-30-16-18)14-19(20)10-22(24)28/h3-5,8-9,16,19-20,22,24,28H,1-2,6-7,10-15H2/t19-,20+,22+,24+/m0/s1. The van der Waals surface area contributed by atoms with Gasteiger partial charge in [-0.3, -0.25) is 9.80 Å². The summed E-state index contributed by atoms with van der Waals surface area (Å²) in [6.45, 7) is 6.03. The van der Waals surface area contributed by atoms with Crippen LogP contribution < -0.4 is 4.74 Å². The Balaban J connectivity index is 1.19. The molecule has 4 nitrogen and oxygen atoms in total. The molecule has 3 aliphatic rings. The van der Waals surface area contributed by atoms with E-state index in [9.17, 15) is 9.50 Å². The number of fused-ring (bicyclic) bond motifs is 1. The number of halogens is 1. The number of ether oxygens (including phenoxy) is 1. The monoisotopic (exact) mass is 430 g/mol. The summed E-state index contributed by atoms with van der Waals surface area (Å²) in [5, 5.41) is 15.0. The molecule has 1 aromatic heterocycles. The molecular formula is C24H31FN2O2S. The minimum Gasteiger partial charge on any atom is -0.485 e. The second-order valence-electron chi connectivity index (χ2n) is 9.29. The van der Waals surface area contributed by atoms with Crippen LogP contribution in [0.25, 0.3) is 0 Å². The smallest absolute Gasteiger partial charge is 0.165 e. The topological polar surface area (TPSA) is 35.9 Å². The highest BCUT2D eigenvalue weighted by Gasteiger charge is 2.42. The molecule has 1 aromatic carbocycles. The Hall–Kier alpha value is -1.47. The molecule has 0 bridgehead atoms. The van der Waals surface area contributed by atoms with Crippen LogP contribution in [0.5, 0.6) is 5.75 Å². The van der Waals surface area contributed by atoms with Gasteiger partial charge in [-0.25, -0.2) is 4.39 Å². The average Bonchev–Trinajstić information content (AvgIpc) is 3.47. The molecule has 162 valence electrons. The normalized spacial score (nSPS) is 29.9. The number of rotatable bonds is 6. The van der Waals surface area contributed by atoms with Crippen LogP contribution in [0.15, 0.2) is 35.0 Å². The van der Waals surface area contributed by atoms with Crippen LogP contribution in [0.1, 0.15) is 36.8 Å². The van der Waals surface area contributed by atoms with E-state index in [1.165, 1.54) is 18.4 Å². The fraction of sp³-hybridized carbons (Fsp3) is 0.583. The summed E-state index contributed by atoms with van der Waals surface area (Å²) in [7, 11) is 0. The van der Waals surface area contributed by atoms with E-state index >= 15 is 0 Å². The number of nitrogens with zero attached hydrogens (tertiary/aromatic N) is 2. The molecule has 2 saturated heterocycles. The molecule has 3 fully saturated rings. The Morgan fingerprint density at radius 1 is 1.00 bits per heavy atom. The number of thiophene rings is 1. The maximum absolute atomic E-state index is 14.7. The third kappa shape index (κ3) is 4.57. The molecule has 0 unspecified atom stereocenters. The van der Waals surface area contributed by atoms with Crippen molar-refractivity contribution in [3.63, 3.8) is 0 Å². The van der Waals surface area contributed by atoms with Crippen LogP contribution in [0.4, 0.5) is 4.39 Å². The summed E-state index contributed by atoms with van der Waals surface area (Å²) < 4.78 is 20.7. The van der Waals surface area contributed by atoms with Crippen molar-refractivity contribution in [3.05, 3.63) is 52.0 Å². The number of likely N-dealkylation sites (tertiary alicyclic amines) is 2. The van der Waals surface area contributed by atoms with Gasteiger partial charge in [0.05, 0.1) is 6.10 Å². The lowest BCUT2D eigenvalue weighted by Gasteiger charge is -2.35. The second-order valence-corrected chi connectivity index (χ2v) is 10.1. The van der Waals surface area contributed by atoms with Crippen LogP contribution in [-0.4, -0.2) is 53.3 Å². The van der Waals surface area contributed by atoms with E-state index in [0.29, 0.717) is 11.8 Å². The van der Waals surface area contributed by atoms with Gasteiger partial charge in [0, 0.05) is 26.2 Å². The predicted molar refractivity (Wildman–Crippen MR) is 117 cm³/mol. The van der Waals surface area contributed by atoms with E-state index in [0.717, 1.165) is 57.7 Å². The number of hydrogen-bond donors (Lipinski definition) is 1. The number of benzene rings is 1. The van der Waals surface area contributed by atoms with Gasteiger partial charge >= 0.3 is 0 Å². The number of aliphatic hydroxyl groups excluding tert-OH is 1. The Labute approximate surface area is 182 Å². The van der Waals surface area contributed by atoms with Gasteiger partial charge < -0.3 is 9.84 Å². The SMILES string of the molecule is O[C@@H]1C[C@H]2CN(Cc3ccsc3)C[C@H]2C[C@H]1Oc1ccc(CN2CCCC2)cc1F. The predicted octanol–water partition coefficient (Wildman–Crippen LogP) is 4.13. The Kier molecular flexibility index (Phi) is 6.10. The Morgan fingerprint density at radius 2 is 1.77 bits per heavy atom. The molecule has 1 saturated carbocycles. The van der Waals surface area contributed by atoms with Gasteiger partial charge in [-0.05, 0) is 90.7 Å². The molecule has 0 amide bonds. The van der Waals surface area contributed by atoms with Crippen LogP contribution in [0, 0.1) is 17.7 Å². The molecule has 6 heteroatoms. The van der Waals surface area contributed by atoms with E-state index in [1.807, 2.05) is 6.07 Å². The Bertz CT molecular complexity index is 840. The van der Waals surface area contributed by atoms with Gasteiger partial charge in [0.2, 0.25) is 0 Å². The summed E-state index contributed by atoms with van der Waals surface area (Å²) in [5.41, 5.74) is 2.36. The van der Waals surface area contributed by atoms with Gasteiger partial charge in [0.1, 0.15) is 6.10 Å². The highest BCUT2D eigenvalue weighted by atomic mass is 32.1. The fourth-order valence-electron chi connectivity index (χ4n) is 5.48. The molecule has 2 aliphatic heterocycles. The molecule has 5 rings (SSSR count). The third-order valence-electron chi connectivity index (χ3n) is 7.03. The van der Waals surface area contributed by atoms with Crippen LogP contribution in [-0.2, 0) is 13.1 Å². The van der Waals surface area contributed by atoms with Gasteiger partial charge in [-0.15, -0.1) is 0 Å². The zero-order chi connectivity index (χ0) is 20.5. The van der Waals surface area contributed by atoms with Gasteiger partial charge in [0.25, 0.3) is 0 Å². The quantitative estimate of drug-likeness (QED) is 0.748. The maximum Gasteiger partial charge on any atom is 0.165 e. The summed E-state index contributed by atoms with van der Waals surface area (Å²) in [6.07, 6.45) is 3.14. The van der Waals surface area contributed by atoms with E-state index < -0.39 is 6.10 Å². The molecular weight excluding hydrogens is 399 g/mol. The second kappa shape index (κ2) is 8.95. The minimum absolute atomic E-state index is 0.274. The zero-order valence-electron chi connectivity index (χ0n) is 17.4. The number of aliphatic hydroxyl groups is 1. The van der Waals surface area contributed by atoms with Crippen molar-refractivity contribution < 1.29 is 14.2 Å². The fourth-order valence-corrected chi connectivity index (χ4v) is 6.14. The lowest BCUT2D eigenvalue weighted by Crippen LogP contribution is -2.42. The first kappa shape index (κ1) is 20.4. The lowest BCUT2D eigenvalue weighted by atomic mass is 9.78. The summed E-state index contributed by atoms with van der Waals surface area (Å²) in [4.78, 5) is 4.85. The van der Waals surface area contributed by atoms with Gasteiger partial charge in [-0.1, -0.05) is 6.07 Å². The van der Waals surface area contributed by atoms with Crippen molar-refractivity contribution in [2.75, 3.05) is 26.2 Å². The molecule has 1 aliphatic carbocycles. The molecule has 1 N–H and O–H groups in total. The summed E-state index contributed by atoms with van der Waals surface area (Å²) in [6, 6.07) is 7.50. The third-order valence-corrected chi connectivity index (χ3v) is 7.76. The van der Waals surface area contributed by atoms with E-state index in [-0.39, 0.29) is 17.7 Å². The van der Waals surface area contributed by atoms with Crippen LogP contribution >= 0.6 is 11.3 Å². The first-order chi connectivity index (χ1) is 14.6. The molecule has 30 heavy (non-hydrogen) atoms. The highest BCUT2D eigenvalue weighted by Crippen LogP contribution is 2.39. The van der Waals surface area contributed by atoms with Crippen molar-refractivity contribution in [2.24, 2.45) is 11.8 Å². The summed E-state index contributed by atoms with van der Waals surface area (Å²) in [5.74, 6) is 0.975. The van der Waals surface area contributed by atoms with Crippen molar-refractivity contribution in [1.82, 2.24) is 9.80 Å². The summed E-state index contributed by atoms with van der Waals surface area (Å²) >= 11 is 1.74. The van der Waals surface area contributed by atoms with Crippen molar-refractivity contribution in [2.45, 2.75) is 51.0 Å². The lowest BCUT2D eigenvalue weighted by molar-refractivity contribution is -0.0246. The zero-order valence-corrected chi connectivity index (χ0v) is 18.2. The molecule has 0 spiro atoms. The largest absolute Gasteiger partial charge is 0.485 e. The van der Waals surface area contributed by atoms with E-state index in [4.69, 9.17) is 4.74 Å². The molecule has 3 heterocycles. The molecule has 2 aromatic rings. The van der Waals surface area contributed by atoms with Crippen LogP contribution in [0.2, 0.25) is 0 Å². The van der Waals surface area contributed by atoms with Crippen LogP contribution in [0.3, 0.4) is 0 Å². The van der Waals surface area contributed by atoms with Gasteiger partial charge in [-0.2, -0.15) is 11.3 Å². The van der Waals surface area contributed by atoms with E-state index in [1.54, 1.807) is 23.5 Å². The minimum atomic E-state index is -0.531. The van der Waals surface area contributed by atoms with Crippen molar-refractivity contribution in [3.8, 4) is 5.75 Å². The van der Waals surface area contributed by atoms with Crippen molar-refractivity contribution in [1.29, 1.82) is 0 Å². The molecule has 4 atom stereocenters. The first-order valence-corrected chi connectivity index (χ1v) is 12.2. The molecule has 0 radical (unpaired) electrons. The Morgan fingerprint density at radius 3 is 2.50 bits per heavy atom. The first-order valence-electron chi connectivity index (χ1n) is 11.2. The highest BCUT2D eigenvalue weighted by molar-refractivity contribution is 7.07. The maximum atomic E-state index is 14.7. The average molecular weight is 431 g/mol.